The number of hydrogen-bond donors (Lipinski definition) is 2. The van der Waals surface area contributed by atoms with Crippen LogP contribution in [-0.2, 0) is 19.1 Å². The van der Waals surface area contributed by atoms with Crippen LogP contribution in [0.15, 0.2) is 48.5 Å². The van der Waals surface area contributed by atoms with Crippen molar-refractivity contribution in [2.45, 2.75) is 49.8 Å². The summed E-state index contributed by atoms with van der Waals surface area (Å²) in [6, 6.07) is 15.0. The van der Waals surface area contributed by atoms with Crippen molar-refractivity contribution >= 4 is 18.0 Å². The molecule has 1 heterocycles. The maximum atomic E-state index is 13.3. The second-order valence-corrected chi connectivity index (χ2v) is 9.55. The van der Waals surface area contributed by atoms with E-state index < -0.39 is 24.0 Å². The number of hydrogen-bond acceptors (Lipinski definition) is 5. The molecule has 0 aromatic heterocycles. The molecule has 2 amide bonds. The van der Waals surface area contributed by atoms with Crippen LogP contribution in [0, 0.1) is 5.92 Å². The lowest BCUT2D eigenvalue weighted by Crippen LogP contribution is -2.49. The van der Waals surface area contributed by atoms with Crippen LogP contribution >= 0.6 is 0 Å². The molecule has 8 heteroatoms. The van der Waals surface area contributed by atoms with Crippen LogP contribution in [0.25, 0.3) is 11.1 Å². The Hall–Kier alpha value is -3.39. The largest absolute Gasteiger partial charge is 0.480 e. The number of benzene rings is 2. The van der Waals surface area contributed by atoms with Crippen LogP contribution in [0.1, 0.15) is 42.7 Å². The van der Waals surface area contributed by atoms with Crippen LogP contribution in [-0.4, -0.2) is 66.4 Å². The van der Waals surface area contributed by atoms with E-state index in [9.17, 15) is 19.5 Å². The number of nitrogens with one attached hydrogen (secondary N) is 1. The topological polar surface area (TPSA) is 105 Å². The van der Waals surface area contributed by atoms with E-state index in [0.29, 0.717) is 12.8 Å². The maximum Gasteiger partial charge on any atom is 0.407 e. The summed E-state index contributed by atoms with van der Waals surface area (Å²) in [5.41, 5.74) is 4.59. The Morgan fingerprint density at radius 2 is 1.69 bits per heavy atom. The summed E-state index contributed by atoms with van der Waals surface area (Å²) in [5, 5.41) is 12.5. The average Bonchev–Trinajstić information content (AvgIpc) is 3.58. The van der Waals surface area contributed by atoms with Gasteiger partial charge in [0, 0.05) is 32.0 Å². The van der Waals surface area contributed by atoms with Crippen molar-refractivity contribution in [2.75, 3.05) is 20.3 Å². The number of methoxy groups -OCH3 is 1. The minimum Gasteiger partial charge on any atom is -0.480 e. The summed E-state index contributed by atoms with van der Waals surface area (Å²) < 4.78 is 11.0. The SMILES string of the molecule is COC1CC(C(=O)O)N(C(=O)C2CCCC2NC(=O)OCC2c3ccccc3-c3ccccc32)C1. The second kappa shape index (κ2) is 9.70. The molecule has 8 nitrogen and oxygen atoms in total. The monoisotopic (exact) mass is 478 g/mol. The Morgan fingerprint density at radius 1 is 1.03 bits per heavy atom. The molecule has 1 saturated heterocycles. The van der Waals surface area contributed by atoms with Crippen LogP contribution in [0.2, 0.25) is 0 Å². The molecular formula is C27H30N2O6. The quantitative estimate of drug-likeness (QED) is 0.659. The van der Waals surface area contributed by atoms with E-state index >= 15 is 0 Å². The van der Waals surface area contributed by atoms with Gasteiger partial charge in [0.25, 0.3) is 0 Å². The minimum atomic E-state index is -1.03. The zero-order chi connectivity index (χ0) is 24.5. The third-order valence-electron chi connectivity index (χ3n) is 7.64. The molecule has 4 unspecified atom stereocenters. The first-order valence-electron chi connectivity index (χ1n) is 12.2. The highest BCUT2D eigenvalue weighted by Crippen LogP contribution is 2.44. The maximum absolute atomic E-state index is 13.3. The molecule has 1 aliphatic heterocycles. The van der Waals surface area contributed by atoms with Crippen molar-refractivity contribution in [3.8, 4) is 11.1 Å². The van der Waals surface area contributed by atoms with Crippen molar-refractivity contribution in [3.63, 3.8) is 0 Å². The first-order valence-corrected chi connectivity index (χ1v) is 12.2. The molecule has 1 saturated carbocycles. The van der Waals surface area contributed by atoms with E-state index in [-0.39, 0.29) is 43.5 Å². The smallest absolute Gasteiger partial charge is 0.407 e. The number of fused-ring (bicyclic) bond motifs is 3. The van der Waals surface area contributed by atoms with Gasteiger partial charge in [-0.3, -0.25) is 4.79 Å². The number of carboxylic acids is 1. The van der Waals surface area contributed by atoms with E-state index in [1.54, 1.807) is 0 Å². The normalized spacial score (nSPS) is 25.2. The predicted molar refractivity (Wildman–Crippen MR) is 128 cm³/mol. The van der Waals surface area contributed by atoms with Crippen molar-refractivity contribution < 1.29 is 29.0 Å². The lowest BCUT2D eigenvalue weighted by molar-refractivity contribution is -0.150. The van der Waals surface area contributed by atoms with Gasteiger partial charge in [-0.1, -0.05) is 55.0 Å². The van der Waals surface area contributed by atoms with Crippen molar-refractivity contribution in [1.82, 2.24) is 10.2 Å². The number of likely N-dealkylation sites (tertiary alicyclic amines) is 1. The van der Waals surface area contributed by atoms with Crippen molar-refractivity contribution in [1.29, 1.82) is 0 Å². The van der Waals surface area contributed by atoms with Gasteiger partial charge in [-0.05, 0) is 35.1 Å². The first kappa shape index (κ1) is 23.4. The van der Waals surface area contributed by atoms with E-state index in [1.165, 1.54) is 12.0 Å². The summed E-state index contributed by atoms with van der Waals surface area (Å²) in [6.07, 6.45) is 1.46. The lowest BCUT2D eigenvalue weighted by Gasteiger charge is -2.28. The Kier molecular flexibility index (Phi) is 6.47. The standard InChI is InChI=1S/C27H30N2O6/c1-34-16-13-24(26(31)32)29(14-16)25(30)21-11-6-12-23(21)28-27(33)35-15-22-19-9-4-2-7-17(19)18-8-3-5-10-20(18)22/h2-5,7-10,16,21-24H,6,11-15H2,1H3,(H,28,33)(H,31,32). The van der Waals surface area contributed by atoms with Crippen molar-refractivity contribution in [3.05, 3.63) is 59.7 Å². The van der Waals surface area contributed by atoms with Gasteiger partial charge in [0.2, 0.25) is 5.91 Å². The molecule has 3 aliphatic rings. The summed E-state index contributed by atoms with van der Waals surface area (Å²) in [4.78, 5) is 39.1. The highest BCUT2D eigenvalue weighted by molar-refractivity contribution is 5.87. The number of carbonyl (C=O) groups excluding carboxylic acids is 2. The molecule has 4 atom stereocenters. The fraction of sp³-hybridized carbons (Fsp3) is 0.444. The molecule has 0 radical (unpaired) electrons. The van der Waals surface area contributed by atoms with Gasteiger partial charge in [-0.15, -0.1) is 0 Å². The molecule has 184 valence electrons. The Bertz CT molecular complexity index is 1090. The van der Waals surface area contributed by atoms with E-state index in [0.717, 1.165) is 28.7 Å². The zero-order valence-corrected chi connectivity index (χ0v) is 19.7. The molecular weight excluding hydrogens is 448 g/mol. The number of carbonyl (C=O) groups is 3. The van der Waals surface area contributed by atoms with Gasteiger partial charge in [0.1, 0.15) is 12.6 Å². The van der Waals surface area contributed by atoms with Gasteiger partial charge in [-0.25, -0.2) is 9.59 Å². The molecule has 0 bridgehead atoms. The fourth-order valence-corrected chi connectivity index (χ4v) is 5.88. The minimum absolute atomic E-state index is 0.0407. The van der Waals surface area contributed by atoms with Gasteiger partial charge in [0.05, 0.1) is 12.0 Å². The van der Waals surface area contributed by atoms with Crippen LogP contribution in [0.4, 0.5) is 4.79 Å². The van der Waals surface area contributed by atoms with Gasteiger partial charge < -0.3 is 24.8 Å². The summed E-state index contributed by atoms with van der Waals surface area (Å²) in [5.74, 6) is -1.77. The number of carboxylic acid groups (broad SMARTS) is 1. The summed E-state index contributed by atoms with van der Waals surface area (Å²) in [6.45, 7) is 0.453. The van der Waals surface area contributed by atoms with E-state index in [1.807, 2.05) is 24.3 Å². The number of amides is 2. The molecule has 2 aromatic rings. The Labute approximate surface area is 204 Å². The molecule has 2 fully saturated rings. The number of aliphatic carboxylic acids is 1. The second-order valence-electron chi connectivity index (χ2n) is 9.55. The van der Waals surface area contributed by atoms with Crippen molar-refractivity contribution in [2.24, 2.45) is 5.92 Å². The highest BCUT2D eigenvalue weighted by Gasteiger charge is 2.45. The number of alkyl carbamates (subject to hydrolysis) is 1. The summed E-state index contributed by atoms with van der Waals surface area (Å²) in [7, 11) is 1.52. The lowest BCUT2D eigenvalue weighted by atomic mass is 9.98. The zero-order valence-electron chi connectivity index (χ0n) is 19.7. The molecule has 5 rings (SSSR count). The highest BCUT2D eigenvalue weighted by atomic mass is 16.5. The van der Waals surface area contributed by atoms with Gasteiger partial charge in [-0.2, -0.15) is 0 Å². The van der Waals surface area contributed by atoms with Crippen LogP contribution in [0.3, 0.4) is 0 Å². The third kappa shape index (κ3) is 4.38. The average molecular weight is 479 g/mol. The molecule has 2 N–H and O–H groups in total. The van der Waals surface area contributed by atoms with Gasteiger partial charge >= 0.3 is 12.1 Å². The third-order valence-corrected chi connectivity index (χ3v) is 7.64. The van der Waals surface area contributed by atoms with E-state index in [4.69, 9.17) is 9.47 Å². The molecule has 0 spiro atoms. The Balaban J connectivity index is 1.23. The van der Waals surface area contributed by atoms with Gasteiger partial charge in [0.15, 0.2) is 0 Å². The van der Waals surface area contributed by atoms with Crippen LogP contribution < -0.4 is 5.32 Å². The number of rotatable bonds is 6. The number of ether oxygens (including phenoxy) is 2. The first-order chi connectivity index (χ1) is 17.0. The molecule has 2 aliphatic carbocycles. The molecule has 2 aromatic carbocycles. The number of nitrogens with zero attached hydrogens (tertiary/aromatic N) is 1. The summed E-state index contributed by atoms with van der Waals surface area (Å²) >= 11 is 0. The van der Waals surface area contributed by atoms with E-state index in [2.05, 4.69) is 29.6 Å². The van der Waals surface area contributed by atoms with Crippen LogP contribution in [0.5, 0.6) is 0 Å². The predicted octanol–water partition coefficient (Wildman–Crippen LogP) is 3.39. The molecule has 35 heavy (non-hydrogen) atoms. The Morgan fingerprint density at radius 3 is 2.31 bits per heavy atom. The fourth-order valence-electron chi connectivity index (χ4n) is 5.88.